The average molecular weight is 443 g/mol. The average Bonchev–Trinajstić information content (AvgIpc) is 3.21. The molecule has 1 unspecified atom stereocenters. The van der Waals surface area contributed by atoms with E-state index in [1.165, 1.54) is 27.8 Å². The van der Waals surface area contributed by atoms with Crippen LogP contribution < -0.4 is 10.7 Å². The molecule has 2 heterocycles. The number of carbonyl (C=O) groups excluding carboxylic acids is 1. The fraction of sp³-hybridized carbons (Fsp3) is 0.200. The number of fused-ring (bicyclic) bond motifs is 1. The number of hydrogen-bond acceptors (Lipinski definition) is 5. The van der Waals surface area contributed by atoms with Crippen molar-refractivity contribution in [3.63, 3.8) is 0 Å². The van der Waals surface area contributed by atoms with Crippen molar-refractivity contribution in [3.05, 3.63) is 104 Å². The van der Waals surface area contributed by atoms with Crippen LogP contribution in [0.3, 0.4) is 0 Å². The zero-order valence-corrected chi connectivity index (χ0v) is 18.4. The first kappa shape index (κ1) is 20.3. The van der Waals surface area contributed by atoms with Crippen molar-refractivity contribution in [2.24, 2.45) is 0 Å². The van der Waals surface area contributed by atoms with E-state index in [0.717, 1.165) is 30.6 Å². The van der Waals surface area contributed by atoms with E-state index < -0.39 is 11.3 Å². The summed E-state index contributed by atoms with van der Waals surface area (Å²) in [6.45, 7) is 1.79. The highest BCUT2D eigenvalue weighted by molar-refractivity contribution is 7.15. The third-order valence-electron chi connectivity index (χ3n) is 5.75. The molecule has 6 nitrogen and oxygen atoms in total. The fourth-order valence-electron chi connectivity index (χ4n) is 4.13. The minimum Gasteiger partial charge on any atom is -0.296 e. The molecule has 1 aliphatic carbocycles. The predicted molar refractivity (Wildman–Crippen MR) is 126 cm³/mol. The Balaban J connectivity index is 1.38. The third kappa shape index (κ3) is 3.99. The van der Waals surface area contributed by atoms with Crippen molar-refractivity contribution in [2.75, 3.05) is 5.32 Å². The molecule has 0 saturated carbocycles. The SMILES string of the molecule is Cc1cc(=O)c(C(=O)Nc2nc3c(s2)CC(c2ccccc2)CC3)nn1-c1ccccc1. The fourth-order valence-corrected chi connectivity index (χ4v) is 5.21. The molecule has 0 saturated heterocycles. The Morgan fingerprint density at radius 2 is 1.81 bits per heavy atom. The van der Waals surface area contributed by atoms with E-state index in [0.29, 0.717) is 16.7 Å². The van der Waals surface area contributed by atoms with E-state index >= 15 is 0 Å². The summed E-state index contributed by atoms with van der Waals surface area (Å²) in [5.74, 6) is -0.0741. The second-order valence-electron chi connectivity index (χ2n) is 7.94. The molecular weight excluding hydrogens is 420 g/mol. The van der Waals surface area contributed by atoms with Crippen molar-refractivity contribution in [1.82, 2.24) is 14.8 Å². The van der Waals surface area contributed by atoms with Crippen LogP contribution in [0.1, 0.15) is 44.7 Å². The number of aromatic nitrogens is 3. The minimum atomic E-state index is -0.537. The maximum Gasteiger partial charge on any atom is 0.281 e. The van der Waals surface area contributed by atoms with E-state index in [1.54, 1.807) is 11.6 Å². The Kier molecular flexibility index (Phi) is 5.41. The second kappa shape index (κ2) is 8.51. The van der Waals surface area contributed by atoms with E-state index in [1.807, 2.05) is 36.4 Å². The number of benzene rings is 2. The number of amides is 1. The molecule has 160 valence electrons. The van der Waals surface area contributed by atoms with Gasteiger partial charge < -0.3 is 0 Å². The van der Waals surface area contributed by atoms with E-state index in [9.17, 15) is 9.59 Å². The largest absolute Gasteiger partial charge is 0.296 e. The molecule has 0 radical (unpaired) electrons. The lowest BCUT2D eigenvalue weighted by Gasteiger charge is -2.21. The number of nitrogens with one attached hydrogen (secondary N) is 1. The van der Waals surface area contributed by atoms with E-state index in [-0.39, 0.29) is 5.69 Å². The lowest BCUT2D eigenvalue weighted by atomic mass is 9.85. The Morgan fingerprint density at radius 3 is 2.56 bits per heavy atom. The predicted octanol–water partition coefficient (Wildman–Crippen LogP) is 4.52. The van der Waals surface area contributed by atoms with Crippen LogP contribution in [0, 0.1) is 6.92 Å². The lowest BCUT2D eigenvalue weighted by molar-refractivity contribution is 0.101. The van der Waals surface area contributed by atoms with Gasteiger partial charge in [0.2, 0.25) is 5.43 Å². The molecule has 0 bridgehead atoms. The molecule has 0 aliphatic heterocycles. The number of hydrogen-bond donors (Lipinski definition) is 1. The normalized spacial score (nSPS) is 15.2. The minimum absolute atomic E-state index is 0.144. The standard InChI is InChI=1S/C25H22N4O2S/c1-16-14-21(30)23(28-29(16)19-10-6-3-7-11-19)24(31)27-25-26-20-13-12-18(15-22(20)32-25)17-8-4-2-5-9-17/h2-11,14,18H,12-13,15H2,1H3,(H,26,27,31). The maximum absolute atomic E-state index is 12.9. The summed E-state index contributed by atoms with van der Waals surface area (Å²) < 4.78 is 1.60. The van der Waals surface area contributed by atoms with Gasteiger partial charge in [-0.05, 0) is 49.8 Å². The summed E-state index contributed by atoms with van der Waals surface area (Å²) >= 11 is 1.49. The smallest absolute Gasteiger partial charge is 0.281 e. The number of aryl methyl sites for hydroxylation is 2. The molecule has 7 heteroatoms. The Hall–Kier alpha value is -3.58. The van der Waals surface area contributed by atoms with Gasteiger partial charge in [-0.15, -0.1) is 11.3 Å². The van der Waals surface area contributed by atoms with Crippen LogP contribution in [0.2, 0.25) is 0 Å². The lowest BCUT2D eigenvalue weighted by Crippen LogP contribution is -2.26. The van der Waals surface area contributed by atoms with Gasteiger partial charge in [0.25, 0.3) is 5.91 Å². The van der Waals surface area contributed by atoms with E-state index in [4.69, 9.17) is 0 Å². The van der Waals surface area contributed by atoms with Crippen LogP contribution in [0.5, 0.6) is 0 Å². The molecule has 5 rings (SSSR count). The zero-order chi connectivity index (χ0) is 22.1. The van der Waals surface area contributed by atoms with Gasteiger partial charge >= 0.3 is 0 Å². The number of para-hydroxylation sites is 1. The molecule has 0 fully saturated rings. The number of anilines is 1. The van der Waals surface area contributed by atoms with Gasteiger partial charge in [0.05, 0.1) is 11.4 Å². The molecule has 1 N–H and O–H groups in total. The molecule has 4 aromatic rings. The molecule has 1 atom stereocenters. The first-order chi connectivity index (χ1) is 15.6. The Morgan fingerprint density at radius 1 is 1.09 bits per heavy atom. The number of carbonyl (C=O) groups is 1. The van der Waals surface area contributed by atoms with Crippen molar-refractivity contribution in [2.45, 2.75) is 32.1 Å². The Bertz CT molecular complexity index is 1330. The Labute approximate surface area is 189 Å². The van der Waals surface area contributed by atoms with Crippen LogP contribution in [0.4, 0.5) is 5.13 Å². The second-order valence-corrected chi connectivity index (χ2v) is 9.02. The number of thiazole rings is 1. The first-order valence-corrected chi connectivity index (χ1v) is 11.4. The summed E-state index contributed by atoms with van der Waals surface area (Å²) in [6.07, 6.45) is 2.83. The quantitative estimate of drug-likeness (QED) is 0.504. The van der Waals surface area contributed by atoms with Crippen LogP contribution in [0.25, 0.3) is 5.69 Å². The first-order valence-electron chi connectivity index (χ1n) is 10.6. The molecule has 0 spiro atoms. The van der Waals surface area contributed by atoms with Crippen LogP contribution >= 0.6 is 11.3 Å². The van der Waals surface area contributed by atoms with Crippen LogP contribution in [-0.4, -0.2) is 20.7 Å². The molecular formula is C25H22N4O2S. The summed E-state index contributed by atoms with van der Waals surface area (Å²) in [5.41, 5.74) is 3.27. The molecule has 1 aliphatic rings. The van der Waals surface area contributed by atoms with Crippen LogP contribution in [-0.2, 0) is 12.8 Å². The molecule has 1 amide bonds. The topological polar surface area (TPSA) is 76.9 Å². The van der Waals surface area contributed by atoms with Gasteiger partial charge in [0, 0.05) is 16.6 Å². The van der Waals surface area contributed by atoms with Crippen LogP contribution in [0.15, 0.2) is 71.5 Å². The van der Waals surface area contributed by atoms with Gasteiger partial charge in [-0.25, -0.2) is 9.67 Å². The molecule has 32 heavy (non-hydrogen) atoms. The maximum atomic E-state index is 12.9. The summed E-state index contributed by atoms with van der Waals surface area (Å²) in [7, 11) is 0. The molecule has 2 aromatic heterocycles. The number of nitrogens with zero attached hydrogens (tertiary/aromatic N) is 3. The van der Waals surface area contributed by atoms with Crippen molar-refractivity contribution < 1.29 is 4.79 Å². The monoisotopic (exact) mass is 442 g/mol. The van der Waals surface area contributed by atoms with Gasteiger partial charge in [0.1, 0.15) is 0 Å². The third-order valence-corrected chi connectivity index (χ3v) is 6.79. The highest BCUT2D eigenvalue weighted by atomic mass is 32.1. The summed E-state index contributed by atoms with van der Waals surface area (Å²) in [4.78, 5) is 31.2. The van der Waals surface area contributed by atoms with E-state index in [2.05, 4.69) is 39.7 Å². The van der Waals surface area contributed by atoms with Crippen molar-refractivity contribution >= 4 is 22.4 Å². The highest BCUT2D eigenvalue weighted by Crippen LogP contribution is 2.36. The molecule has 2 aromatic carbocycles. The summed E-state index contributed by atoms with van der Waals surface area (Å²) in [5, 5.41) is 7.66. The van der Waals surface area contributed by atoms with Gasteiger partial charge in [-0.3, -0.25) is 14.9 Å². The number of rotatable bonds is 4. The van der Waals surface area contributed by atoms with Crippen molar-refractivity contribution in [1.29, 1.82) is 0 Å². The van der Waals surface area contributed by atoms with Gasteiger partial charge in [-0.2, -0.15) is 5.10 Å². The summed E-state index contributed by atoms with van der Waals surface area (Å²) in [6, 6.07) is 21.4. The van der Waals surface area contributed by atoms with Crippen molar-refractivity contribution in [3.8, 4) is 5.69 Å². The zero-order valence-electron chi connectivity index (χ0n) is 17.6. The highest BCUT2D eigenvalue weighted by Gasteiger charge is 2.25. The van der Waals surface area contributed by atoms with Gasteiger partial charge in [-0.1, -0.05) is 48.5 Å². The van der Waals surface area contributed by atoms with Gasteiger partial charge in [0.15, 0.2) is 10.8 Å².